The van der Waals surface area contributed by atoms with Gasteiger partial charge in [0.15, 0.2) is 0 Å². The van der Waals surface area contributed by atoms with Crippen molar-refractivity contribution >= 4 is 17.6 Å². The third-order valence-corrected chi connectivity index (χ3v) is 1.92. The molecule has 0 atom stereocenters. The summed E-state index contributed by atoms with van der Waals surface area (Å²) in [5.74, 6) is -0.737. The Morgan fingerprint density at radius 3 is 2.60 bits per heavy atom. The van der Waals surface area contributed by atoms with Crippen LogP contribution in [0.2, 0.25) is 0 Å². The van der Waals surface area contributed by atoms with E-state index >= 15 is 0 Å². The number of carbonyl (C=O) groups is 2. The van der Waals surface area contributed by atoms with Gasteiger partial charge in [-0.15, -0.1) is 5.10 Å². The van der Waals surface area contributed by atoms with Gasteiger partial charge in [0.1, 0.15) is 5.84 Å². The van der Waals surface area contributed by atoms with Crippen LogP contribution < -0.4 is 5.73 Å². The van der Waals surface area contributed by atoms with Gasteiger partial charge in [-0.05, 0) is 12.1 Å². The van der Waals surface area contributed by atoms with Crippen LogP contribution in [-0.2, 0) is 4.79 Å². The highest BCUT2D eigenvalue weighted by Gasteiger charge is 2.28. The van der Waals surface area contributed by atoms with E-state index in [0.717, 1.165) is 5.01 Å². The number of amidine groups is 1. The molecule has 15 heavy (non-hydrogen) atoms. The van der Waals surface area contributed by atoms with Gasteiger partial charge in [0.05, 0.1) is 6.42 Å². The fourth-order valence-electron chi connectivity index (χ4n) is 1.22. The normalized spacial score (nSPS) is 15.3. The Hall–Kier alpha value is -2.24. The highest BCUT2D eigenvalue weighted by atomic mass is 16.2. The van der Waals surface area contributed by atoms with Crippen LogP contribution in [0.3, 0.4) is 0 Å². The lowest BCUT2D eigenvalue weighted by Gasteiger charge is -2.08. The average molecular weight is 204 g/mol. The molecule has 2 N–H and O–H groups in total. The Bertz CT molecular complexity index is 441. The van der Waals surface area contributed by atoms with Gasteiger partial charge in [0.25, 0.3) is 11.8 Å². The van der Waals surface area contributed by atoms with Gasteiger partial charge >= 0.3 is 0 Å². The number of hydrogen-bond donors (Lipinski definition) is 1. The summed E-state index contributed by atoms with van der Waals surface area (Å²) in [4.78, 5) is 26.8. The number of nitrogens with zero attached hydrogens (tertiary/aromatic N) is 3. The molecule has 1 aromatic heterocycles. The number of nitrogens with two attached hydrogens (primary N) is 1. The smallest absolute Gasteiger partial charge is 0.281 e. The summed E-state index contributed by atoms with van der Waals surface area (Å²) >= 11 is 0. The van der Waals surface area contributed by atoms with Crippen LogP contribution in [0.1, 0.15) is 16.8 Å². The molecule has 1 aliphatic rings. The van der Waals surface area contributed by atoms with E-state index in [1.807, 2.05) is 0 Å². The minimum Gasteiger partial charge on any atom is -0.385 e. The minimum atomic E-state index is -0.483. The van der Waals surface area contributed by atoms with Crippen molar-refractivity contribution in [2.24, 2.45) is 10.8 Å². The van der Waals surface area contributed by atoms with Crippen molar-refractivity contribution in [1.82, 2.24) is 9.99 Å². The number of carbonyl (C=O) groups excluding carboxylic acids is 2. The summed E-state index contributed by atoms with van der Waals surface area (Å²) in [5, 5.41) is 4.44. The highest BCUT2D eigenvalue weighted by molar-refractivity contribution is 6.13. The molecule has 1 aromatic rings. The fourth-order valence-corrected chi connectivity index (χ4v) is 1.22. The lowest BCUT2D eigenvalue weighted by molar-refractivity contribution is -0.126. The van der Waals surface area contributed by atoms with Crippen molar-refractivity contribution in [2.45, 2.75) is 6.42 Å². The van der Waals surface area contributed by atoms with Gasteiger partial charge in [0.2, 0.25) is 0 Å². The van der Waals surface area contributed by atoms with E-state index in [2.05, 4.69) is 10.1 Å². The van der Waals surface area contributed by atoms with Gasteiger partial charge in [-0.3, -0.25) is 14.6 Å². The molecule has 0 spiro atoms. The number of amides is 2. The maximum Gasteiger partial charge on any atom is 0.281 e. The van der Waals surface area contributed by atoms with Crippen LogP contribution in [0.4, 0.5) is 0 Å². The molecule has 2 rings (SSSR count). The molecule has 1 aliphatic heterocycles. The molecule has 0 unspecified atom stereocenters. The second kappa shape index (κ2) is 3.49. The molecule has 0 radical (unpaired) electrons. The number of hydrazone groups is 1. The first kappa shape index (κ1) is 9.32. The van der Waals surface area contributed by atoms with Crippen LogP contribution in [0.25, 0.3) is 0 Å². The predicted molar refractivity (Wildman–Crippen MR) is 51.7 cm³/mol. The van der Waals surface area contributed by atoms with Gasteiger partial charge in [-0.25, -0.2) is 0 Å². The van der Waals surface area contributed by atoms with Crippen molar-refractivity contribution < 1.29 is 9.59 Å². The maximum atomic E-state index is 11.7. The van der Waals surface area contributed by atoms with E-state index in [4.69, 9.17) is 5.73 Å². The minimum absolute atomic E-state index is 0.00315. The zero-order chi connectivity index (χ0) is 10.8. The van der Waals surface area contributed by atoms with Crippen molar-refractivity contribution in [1.29, 1.82) is 0 Å². The first-order valence-electron chi connectivity index (χ1n) is 4.29. The van der Waals surface area contributed by atoms with Crippen LogP contribution in [0.15, 0.2) is 29.6 Å². The third-order valence-electron chi connectivity index (χ3n) is 1.92. The molecule has 0 aromatic carbocycles. The summed E-state index contributed by atoms with van der Waals surface area (Å²) in [7, 11) is 0. The van der Waals surface area contributed by atoms with E-state index < -0.39 is 11.8 Å². The average Bonchev–Trinajstić information content (AvgIpc) is 2.58. The van der Waals surface area contributed by atoms with E-state index in [1.54, 1.807) is 0 Å². The number of imide groups is 1. The largest absolute Gasteiger partial charge is 0.385 e. The van der Waals surface area contributed by atoms with E-state index in [0.29, 0.717) is 5.56 Å². The molecular formula is C9H8N4O2. The summed E-state index contributed by atoms with van der Waals surface area (Å²) in [6, 6.07) is 3.03. The van der Waals surface area contributed by atoms with Gasteiger partial charge in [-0.2, -0.15) is 5.01 Å². The molecule has 0 aliphatic carbocycles. The Morgan fingerprint density at radius 1 is 1.40 bits per heavy atom. The predicted octanol–water partition coefficient (Wildman–Crippen LogP) is -0.274. The number of aromatic nitrogens is 1. The first-order chi connectivity index (χ1) is 7.18. The number of pyridine rings is 1. The molecule has 2 amide bonds. The Kier molecular flexibility index (Phi) is 2.17. The maximum absolute atomic E-state index is 11.7. The van der Waals surface area contributed by atoms with Crippen LogP contribution in [-0.4, -0.2) is 27.6 Å². The van der Waals surface area contributed by atoms with Crippen molar-refractivity contribution in [3.8, 4) is 0 Å². The molecule has 0 saturated carbocycles. The molecular weight excluding hydrogens is 196 g/mol. The first-order valence-corrected chi connectivity index (χ1v) is 4.29. The molecule has 0 saturated heterocycles. The zero-order valence-electron chi connectivity index (χ0n) is 7.75. The Labute approximate surface area is 85.4 Å². The molecule has 0 fully saturated rings. The lowest BCUT2D eigenvalue weighted by Crippen LogP contribution is -2.28. The molecule has 6 nitrogen and oxygen atoms in total. The number of hydrogen-bond acceptors (Lipinski definition) is 5. The molecule has 0 bridgehead atoms. The fraction of sp³-hybridized carbons (Fsp3) is 0.111. The summed E-state index contributed by atoms with van der Waals surface area (Å²) in [6.07, 6.45) is 2.94. The van der Waals surface area contributed by atoms with Crippen LogP contribution in [0, 0.1) is 0 Å². The van der Waals surface area contributed by atoms with E-state index in [1.165, 1.54) is 24.5 Å². The lowest BCUT2D eigenvalue weighted by atomic mass is 10.2. The van der Waals surface area contributed by atoms with Gasteiger partial charge in [0, 0.05) is 18.0 Å². The highest BCUT2D eigenvalue weighted by Crippen LogP contribution is 2.10. The SMILES string of the molecule is NC1=NN(C(=O)c2ccncc2)C(=O)C1. The Morgan fingerprint density at radius 2 is 2.07 bits per heavy atom. The topological polar surface area (TPSA) is 88.7 Å². The summed E-state index contributed by atoms with van der Waals surface area (Å²) < 4.78 is 0. The summed E-state index contributed by atoms with van der Waals surface area (Å²) in [5.41, 5.74) is 5.71. The summed E-state index contributed by atoms with van der Waals surface area (Å²) in [6.45, 7) is 0. The molecule has 2 heterocycles. The van der Waals surface area contributed by atoms with Crippen molar-refractivity contribution in [3.05, 3.63) is 30.1 Å². The van der Waals surface area contributed by atoms with Crippen molar-refractivity contribution in [3.63, 3.8) is 0 Å². The van der Waals surface area contributed by atoms with Crippen LogP contribution >= 0.6 is 0 Å². The quantitative estimate of drug-likeness (QED) is 0.637. The van der Waals surface area contributed by atoms with Crippen LogP contribution in [0.5, 0.6) is 0 Å². The standard InChI is InChI=1S/C9H8N4O2/c10-7-5-8(14)13(12-7)9(15)6-1-3-11-4-2-6/h1-4H,5H2,(H2,10,12). The van der Waals surface area contributed by atoms with E-state index in [9.17, 15) is 9.59 Å². The zero-order valence-corrected chi connectivity index (χ0v) is 7.75. The van der Waals surface area contributed by atoms with Gasteiger partial charge in [-0.1, -0.05) is 0 Å². The monoisotopic (exact) mass is 204 g/mol. The van der Waals surface area contributed by atoms with Crippen molar-refractivity contribution in [2.75, 3.05) is 0 Å². The molecule has 6 heteroatoms. The molecule has 76 valence electrons. The van der Waals surface area contributed by atoms with Gasteiger partial charge < -0.3 is 5.73 Å². The third kappa shape index (κ3) is 1.69. The second-order valence-corrected chi connectivity index (χ2v) is 3.01. The van der Waals surface area contributed by atoms with E-state index in [-0.39, 0.29) is 12.3 Å². The Balaban J connectivity index is 2.26. The second-order valence-electron chi connectivity index (χ2n) is 3.01. The number of rotatable bonds is 1.